The molecule has 1 aliphatic rings. The molecule has 2 N–H and O–H groups in total. The van der Waals surface area contributed by atoms with Crippen LogP contribution in [0, 0.1) is 11.8 Å². The lowest BCUT2D eigenvalue weighted by atomic mass is 10.1. The van der Waals surface area contributed by atoms with Crippen molar-refractivity contribution in [2.24, 2.45) is 0 Å². The fraction of sp³-hybridized carbons (Fsp3) is 0.833. The van der Waals surface area contributed by atoms with Crippen molar-refractivity contribution in [3.8, 4) is 11.8 Å². The van der Waals surface area contributed by atoms with E-state index in [9.17, 15) is 9.90 Å². The predicted molar refractivity (Wildman–Crippen MR) is 86.5 cm³/mol. The van der Waals surface area contributed by atoms with Crippen molar-refractivity contribution < 1.29 is 19.7 Å². The molecule has 1 fully saturated rings. The number of epoxide rings is 1. The normalized spacial score (nSPS) is 21.0. The monoisotopic (exact) mass is 310 g/mol. The second-order valence-corrected chi connectivity index (χ2v) is 6.06. The minimum absolute atomic E-state index is 0.0920. The Hall–Kier alpha value is -1.05. The summed E-state index contributed by atoms with van der Waals surface area (Å²) < 4.78 is 5.49. The van der Waals surface area contributed by atoms with Crippen LogP contribution < -0.4 is 0 Å². The number of aliphatic hydroxyl groups is 1. The predicted octanol–water partition coefficient (Wildman–Crippen LogP) is 3.51. The van der Waals surface area contributed by atoms with Gasteiger partial charge < -0.3 is 14.9 Å². The topological polar surface area (TPSA) is 70.1 Å². The summed E-state index contributed by atoms with van der Waals surface area (Å²) in [6.07, 6.45) is 10.0. The number of carboxylic acids is 1. The van der Waals surface area contributed by atoms with Crippen molar-refractivity contribution in [1.29, 1.82) is 0 Å². The average Bonchev–Trinajstić information content (AvgIpc) is 3.25. The van der Waals surface area contributed by atoms with Gasteiger partial charge in [0, 0.05) is 12.8 Å². The van der Waals surface area contributed by atoms with Gasteiger partial charge in [-0.15, -0.1) is 5.92 Å². The first kappa shape index (κ1) is 19.0. The van der Waals surface area contributed by atoms with Crippen LogP contribution in [0.1, 0.15) is 77.6 Å². The Morgan fingerprint density at radius 3 is 2.59 bits per heavy atom. The number of ether oxygens (including phenoxy) is 1. The maximum atomic E-state index is 10.4. The van der Waals surface area contributed by atoms with Crippen LogP contribution in [0.15, 0.2) is 0 Å². The van der Waals surface area contributed by atoms with Gasteiger partial charge in [0.1, 0.15) is 12.2 Å². The molecule has 1 saturated heterocycles. The molecule has 22 heavy (non-hydrogen) atoms. The van der Waals surface area contributed by atoms with E-state index in [1.807, 2.05) is 0 Å². The molecule has 1 rings (SSSR count). The van der Waals surface area contributed by atoms with E-state index in [0.29, 0.717) is 0 Å². The van der Waals surface area contributed by atoms with Crippen LogP contribution in [0.2, 0.25) is 0 Å². The number of carbonyl (C=O) groups is 1. The zero-order valence-corrected chi connectivity index (χ0v) is 13.7. The summed E-state index contributed by atoms with van der Waals surface area (Å²) >= 11 is 0. The summed E-state index contributed by atoms with van der Waals surface area (Å²) in [5.74, 6) is 5.21. The number of aliphatic hydroxyl groups excluding tert-OH is 1. The molecule has 0 aromatic rings. The molecule has 0 aliphatic carbocycles. The second-order valence-electron chi connectivity index (χ2n) is 6.06. The Morgan fingerprint density at radius 2 is 1.86 bits per heavy atom. The number of unbranched alkanes of at least 4 members (excludes halogenated alkanes) is 7. The van der Waals surface area contributed by atoms with Crippen LogP contribution in [0.25, 0.3) is 0 Å². The van der Waals surface area contributed by atoms with Crippen LogP contribution in [0.4, 0.5) is 0 Å². The molecule has 0 amide bonds. The number of aliphatic carboxylic acids is 1. The zero-order chi connectivity index (χ0) is 16.2. The van der Waals surface area contributed by atoms with Gasteiger partial charge in [-0.05, 0) is 19.3 Å². The number of rotatable bonds is 12. The molecular formula is C18H30O4. The largest absolute Gasteiger partial charge is 0.481 e. The molecule has 0 aromatic carbocycles. The van der Waals surface area contributed by atoms with Gasteiger partial charge in [-0.25, -0.2) is 0 Å². The Labute approximate surface area is 134 Å². The van der Waals surface area contributed by atoms with Gasteiger partial charge >= 0.3 is 5.97 Å². The molecule has 1 heterocycles. The fourth-order valence-corrected chi connectivity index (χ4v) is 2.54. The van der Waals surface area contributed by atoms with Crippen molar-refractivity contribution in [2.75, 3.05) is 0 Å². The van der Waals surface area contributed by atoms with Gasteiger partial charge in [-0.1, -0.05) is 51.4 Å². The van der Waals surface area contributed by atoms with Crippen molar-refractivity contribution in [1.82, 2.24) is 0 Å². The summed E-state index contributed by atoms with van der Waals surface area (Å²) in [7, 11) is 0. The molecule has 0 spiro atoms. The Kier molecular flexibility index (Phi) is 9.94. The number of carboxylic acid groups (broad SMARTS) is 1. The third-order valence-electron chi connectivity index (χ3n) is 3.97. The van der Waals surface area contributed by atoms with Crippen molar-refractivity contribution in [3.63, 3.8) is 0 Å². The van der Waals surface area contributed by atoms with Crippen molar-refractivity contribution in [2.45, 2.75) is 95.9 Å². The zero-order valence-electron chi connectivity index (χ0n) is 13.7. The highest BCUT2D eigenvalue weighted by atomic mass is 16.6. The molecule has 4 nitrogen and oxygen atoms in total. The second kappa shape index (κ2) is 11.5. The molecule has 0 radical (unpaired) electrons. The van der Waals surface area contributed by atoms with Crippen LogP contribution in [0.3, 0.4) is 0 Å². The van der Waals surface area contributed by atoms with Crippen LogP contribution in [0.5, 0.6) is 0 Å². The third-order valence-corrected chi connectivity index (χ3v) is 3.97. The molecular weight excluding hydrogens is 280 g/mol. The quantitative estimate of drug-likeness (QED) is 0.329. The van der Waals surface area contributed by atoms with Crippen molar-refractivity contribution >= 4 is 5.97 Å². The Morgan fingerprint density at radius 1 is 1.14 bits per heavy atom. The van der Waals surface area contributed by atoms with E-state index < -0.39 is 12.1 Å². The summed E-state index contributed by atoms with van der Waals surface area (Å²) in [6.45, 7) is 2.16. The van der Waals surface area contributed by atoms with Gasteiger partial charge in [-0.3, -0.25) is 4.79 Å². The Bertz CT molecular complexity index is 369. The van der Waals surface area contributed by atoms with E-state index in [0.717, 1.165) is 51.4 Å². The highest BCUT2D eigenvalue weighted by Gasteiger charge is 2.42. The minimum Gasteiger partial charge on any atom is -0.481 e. The molecule has 3 atom stereocenters. The maximum Gasteiger partial charge on any atom is 0.303 e. The lowest BCUT2D eigenvalue weighted by molar-refractivity contribution is -0.137. The Balaban J connectivity index is 1.96. The van der Waals surface area contributed by atoms with Gasteiger partial charge in [-0.2, -0.15) is 0 Å². The standard InChI is InChI=1S/C18H30O4/c1-2-3-4-6-9-12-15(19)18-16(22-18)13-10-7-5-8-11-14-17(20)21/h15-16,18-19H,2-8,10-11,13-14H2,1H3,(H,20,21). The van der Waals surface area contributed by atoms with E-state index in [2.05, 4.69) is 18.8 Å². The summed E-state index contributed by atoms with van der Waals surface area (Å²) in [5, 5.41) is 18.4. The molecule has 1 aliphatic heterocycles. The van der Waals surface area contributed by atoms with Crippen LogP contribution in [-0.2, 0) is 9.53 Å². The lowest BCUT2D eigenvalue weighted by Crippen LogP contribution is -2.14. The van der Waals surface area contributed by atoms with Crippen molar-refractivity contribution in [3.05, 3.63) is 0 Å². The van der Waals surface area contributed by atoms with E-state index in [4.69, 9.17) is 9.84 Å². The molecule has 4 heteroatoms. The van der Waals surface area contributed by atoms with Crippen LogP contribution in [-0.4, -0.2) is 34.5 Å². The van der Waals surface area contributed by atoms with Gasteiger partial charge in [0.25, 0.3) is 0 Å². The first-order chi connectivity index (χ1) is 10.6. The SMILES string of the molecule is CCCCCC#CC(O)C1OC1CCCCCCCC(=O)O. The van der Waals surface area contributed by atoms with Gasteiger partial charge in [0.05, 0.1) is 6.10 Å². The fourth-order valence-electron chi connectivity index (χ4n) is 2.54. The third kappa shape index (κ3) is 9.07. The maximum absolute atomic E-state index is 10.4. The molecule has 0 aromatic heterocycles. The average molecular weight is 310 g/mol. The number of hydrogen-bond donors (Lipinski definition) is 2. The molecule has 0 saturated carbocycles. The number of hydrogen-bond acceptors (Lipinski definition) is 3. The van der Waals surface area contributed by atoms with E-state index in [1.54, 1.807) is 0 Å². The van der Waals surface area contributed by atoms with E-state index in [-0.39, 0.29) is 18.6 Å². The minimum atomic E-state index is -0.709. The highest BCUT2D eigenvalue weighted by molar-refractivity contribution is 5.66. The van der Waals surface area contributed by atoms with E-state index >= 15 is 0 Å². The van der Waals surface area contributed by atoms with Crippen LogP contribution >= 0.6 is 0 Å². The summed E-state index contributed by atoms with van der Waals surface area (Å²) in [6, 6.07) is 0. The molecule has 126 valence electrons. The molecule has 0 bridgehead atoms. The smallest absolute Gasteiger partial charge is 0.303 e. The molecule has 3 unspecified atom stereocenters. The summed E-state index contributed by atoms with van der Waals surface area (Å²) in [4.78, 5) is 10.4. The first-order valence-corrected chi connectivity index (χ1v) is 8.69. The lowest BCUT2D eigenvalue weighted by Gasteiger charge is -2.00. The van der Waals surface area contributed by atoms with Gasteiger partial charge in [0.15, 0.2) is 0 Å². The first-order valence-electron chi connectivity index (χ1n) is 8.69. The highest BCUT2D eigenvalue weighted by Crippen LogP contribution is 2.30. The van der Waals surface area contributed by atoms with E-state index in [1.165, 1.54) is 12.8 Å². The van der Waals surface area contributed by atoms with Gasteiger partial charge in [0.2, 0.25) is 0 Å². The summed E-state index contributed by atoms with van der Waals surface area (Å²) in [5.41, 5.74) is 0.